The van der Waals surface area contributed by atoms with Crippen LogP contribution >= 0.6 is 11.6 Å². The Morgan fingerprint density at radius 2 is 2.12 bits per heavy atom. The molecule has 0 saturated heterocycles. The molecule has 2 heterocycles. The van der Waals surface area contributed by atoms with E-state index in [2.05, 4.69) is 5.10 Å². The normalized spacial score (nSPS) is 11.2. The third kappa shape index (κ3) is 4.24. The quantitative estimate of drug-likeness (QED) is 0.437. The second-order valence-corrected chi connectivity index (χ2v) is 6.11. The fraction of sp³-hybridized carbons (Fsp3) is 0.200. The minimum absolute atomic E-state index is 0.104. The lowest BCUT2D eigenvalue weighted by atomic mass is 10.1. The number of aromatic nitrogens is 2. The lowest BCUT2D eigenvalue weighted by Gasteiger charge is -2.05. The number of halogens is 1. The smallest absolute Gasteiger partial charge is 0.189 e. The Hall–Kier alpha value is -2.79. The van der Waals surface area contributed by atoms with Crippen LogP contribution in [0.5, 0.6) is 5.75 Å². The lowest BCUT2D eigenvalue weighted by Crippen LogP contribution is -1.95. The molecule has 0 unspecified atom stereocenters. The maximum Gasteiger partial charge on any atom is 0.189 e. The highest BCUT2D eigenvalue weighted by molar-refractivity contribution is 6.32. The zero-order valence-electron chi connectivity index (χ0n) is 14.6. The van der Waals surface area contributed by atoms with Gasteiger partial charge in [0.05, 0.1) is 16.3 Å². The van der Waals surface area contributed by atoms with Gasteiger partial charge in [-0.3, -0.25) is 9.48 Å². The van der Waals surface area contributed by atoms with E-state index in [9.17, 15) is 4.79 Å². The number of benzene rings is 1. The van der Waals surface area contributed by atoms with Crippen LogP contribution in [0.3, 0.4) is 0 Å². The van der Waals surface area contributed by atoms with Crippen molar-refractivity contribution in [1.29, 1.82) is 0 Å². The third-order valence-electron chi connectivity index (χ3n) is 3.82. The van der Waals surface area contributed by atoms with Crippen molar-refractivity contribution < 1.29 is 13.9 Å². The van der Waals surface area contributed by atoms with E-state index in [0.29, 0.717) is 27.9 Å². The number of ether oxygens (including phenoxy) is 1. The first-order chi connectivity index (χ1) is 12.6. The zero-order chi connectivity index (χ0) is 18.5. The summed E-state index contributed by atoms with van der Waals surface area (Å²) in [6.45, 7) is 4.79. The maximum absolute atomic E-state index is 12.3. The van der Waals surface area contributed by atoms with E-state index < -0.39 is 0 Å². The van der Waals surface area contributed by atoms with Crippen LogP contribution in [-0.2, 0) is 13.2 Å². The molecular weight excluding hydrogens is 352 g/mol. The highest BCUT2D eigenvalue weighted by Crippen LogP contribution is 2.24. The fourth-order valence-corrected chi connectivity index (χ4v) is 2.63. The van der Waals surface area contributed by atoms with Crippen LogP contribution in [0.15, 0.2) is 53.1 Å². The van der Waals surface area contributed by atoms with Crippen molar-refractivity contribution in [3.05, 3.63) is 76.5 Å². The summed E-state index contributed by atoms with van der Waals surface area (Å²) in [5.74, 6) is 1.72. The van der Waals surface area contributed by atoms with Crippen LogP contribution in [0, 0.1) is 6.92 Å². The number of aryl methyl sites for hydroxylation is 2. The molecule has 134 valence electrons. The van der Waals surface area contributed by atoms with Gasteiger partial charge in [-0.25, -0.2) is 0 Å². The van der Waals surface area contributed by atoms with Crippen LogP contribution in [0.2, 0.25) is 5.02 Å². The standard InChI is InChI=1S/C20H19ClN2O3/c1-3-23-12-17(14(2)22-23)19(24)11-10-15-8-9-16(26-15)13-25-20-7-5-4-6-18(20)21/h4-12H,3,13H2,1-2H3/b11-10+. The molecule has 0 atom stereocenters. The fourth-order valence-electron chi connectivity index (χ4n) is 2.44. The minimum Gasteiger partial charge on any atom is -0.484 e. The van der Waals surface area contributed by atoms with Gasteiger partial charge in [-0.15, -0.1) is 0 Å². The van der Waals surface area contributed by atoms with Gasteiger partial charge in [0, 0.05) is 12.7 Å². The number of allylic oxidation sites excluding steroid dienone is 1. The zero-order valence-corrected chi connectivity index (χ0v) is 15.4. The molecule has 0 fully saturated rings. The summed E-state index contributed by atoms with van der Waals surface area (Å²) in [5, 5.41) is 4.83. The van der Waals surface area contributed by atoms with Crippen molar-refractivity contribution in [2.75, 3.05) is 0 Å². The number of hydrogen-bond acceptors (Lipinski definition) is 4. The third-order valence-corrected chi connectivity index (χ3v) is 4.14. The van der Waals surface area contributed by atoms with Gasteiger partial charge in [0.2, 0.25) is 0 Å². The van der Waals surface area contributed by atoms with Crippen molar-refractivity contribution >= 4 is 23.5 Å². The Labute approximate surface area is 156 Å². The van der Waals surface area contributed by atoms with Crippen LogP contribution in [0.1, 0.15) is 34.5 Å². The molecule has 0 saturated carbocycles. The Bertz CT molecular complexity index is 940. The molecule has 3 aromatic rings. The predicted molar refractivity (Wildman–Crippen MR) is 100 cm³/mol. The molecule has 5 nitrogen and oxygen atoms in total. The van der Waals surface area contributed by atoms with Crippen molar-refractivity contribution in [2.45, 2.75) is 27.0 Å². The molecule has 2 aromatic heterocycles. The highest BCUT2D eigenvalue weighted by Gasteiger charge is 2.10. The number of nitrogens with zero attached hydrogens (tertiary/aromatic N) is 2. The summed E-state index contributed by atoms with van der Waals surface area (Å²) in [6, 6.07) is 10.9. The molecule has 1 aromatic carbocycles. The second-order valence-electron chi connectivity index (χ2n) is 5.70. The Morgan fingerprint density at radius 1 is 1.31 bits per heavy atom. The number of para-hydroxylation sites is 1. The van der Waals surface area contributed by atoms with Crippen molar-refractivity contribution in [3.8, 4) is 5.75 Å². The average Bonchev–Trinajstić information content (AvgIpc) is 3.25. The number of ketones is 1. The molecule has 0 amide bonds. The van der Waals surface area contributed by atoms with E-state index in [1.807, 2.05) is 26.0 Å². The van der Waals surface area contributed by atoms with Gasteiger partial charge in [-0.1, -0.05) is 23.7 Å². The molecular formula is C20H19ClN2O3. The Balaban J connectivity index is 1.62. The van der Waals surface area contributed by atoms with Crippen molar-refractivity contribution in [2.24, 2.45) is 0 Å². The monoisotopic (exact) mass is 370 g/mol. The Morgan fingerprint density at radius 3 is 2.85 bits per heavy atom. The van der Waals surface area contributed by atoms with E-state index in [-0.39, 0.29) is 12.4 Å². The Kier molecular flexibility index (Phi) is 5.58. The van der Waals surface area contributed by atoms with Gasteiger partial charge in [-0.2, -0.15) is 5.10 Å². The second kappa shape index (κ2) is 8.06. The molecule has 0 aliphatic heterocycles. The van der Waals surface area contributed by atoms with Crippen LogP contribution < -0.4 is 4.74 Å². The summed E-state index contributed by atoms with van der Waals surface area (Å²) < 4.78 is 13.0. The average molecular weight is 371 g/mol. The summed E-state index contributed by atoms with van der Waals surface area (Å²) in [6.07, 6.45) is 4.89. The molecule has 0 bridgehead atoms. The molecule has 0 spiro atoms. The molecule has 26 heavy (non-hydrogen) atoms. The largest absolute Gasteiger partial charge is 0.484 e. The van der Waals surface area contributed by atoms with E-state index >= 15 is 0 Å². The van der Waals surface area contributed by atoms with Crippen molar-refractivity contribution in [1.82, 2.24) is 9.78 Å². The molecule has 0 aliphatic carbocycles. The van der Waals surface area contributed by atoms with Gasteiger partial charge >= 0.3 is 0 Å². The number of hydrogen-bond donors (Lipinski definition) is 0. The number of furan rings is 1. The number of carbonyl (C=O) groups excluding carboxylic acids is 1. The molecule has 3 rings (SSSR count). The maximum atomic E-state index is 12.3. The number of rotatable bonds is 7. The first kappa shape index (κ1) is 18.0. The summed E-state index contributed by atoms with van der Waals surface area (Å²) >= 11 is 6.05. The van der Waals surface area contributed by atoms with E-state index in [1.54, 1.807) is 41.2 Å². The highest BCUT2D eigenvalue weighted by atomic mass is 35.5. The van der Waals surface area contributed by atoms with Crippen molar-refractivity contribution in [3.63, 3.8) is 0 Å². The first-order valence-corrected chi connectivity index (χ1v) is 8.67. The molecule has 0 N–H and O–H groups in total. The summed E-state index contributed by atoms with van der Waals surface area (Å²) in [5.41, 5.74) is 1.31. The van der Waals surface area contributed by atoms with E-state index in [4.69, 9.17) is 20.8 Å². The summed E-state index contributed by atoms with van der Waals surface area (Å²) in [4.78, 5) is 12.3. The molecule has 0 aliphatic rings. The van der Waals surface area contributed by atoms with Crippen LogP contribution in [0.4, 0.5) is 0 Å². The molecule has 0 radical (unpaired) electrons. The SMILES string of the molecule is CCn1cc(C(=O)/C=C/c2ccc(COc3ccccc3Cl)o2)c(C)n1. The van der Waals surface area contributed by atoms with Gasteiger partial charge in [-0.05, 0) is 50.3 Å². The van der Waals surface area contributed by atoms with Gasteiger partial charge in [0.1, 0.15) is 23.9 Å². The lowest BCUT2D eigenvalue weighted by molar-refractivity contribution is 0.104. The number of carbonyl (C=O) groups is 1. The summed E-state index contributed by atoms with van der Waals surface area (Å²) in [7, 11) is 0. The molecule has 6 heteroatoms. The van der Waals surface area contributed by atoms with Gasteiger partial charge in [0.25, 0.3) is 0 Å². The van der Waals surface area contributed by atoms with E-state index in [0.717, 1.165) is 12.2 Å². The topological polar surface area (TPSA) is 57.3 Å². The van der Waals surface area contributed by atoms with E-state index in [1.165, 1.54) is 6.08 Å². The van der Waals surface area contributed by atoms with Gasteiger partial charge < -0.3 is 9.15 Å². The van der Waals surface area contributed by atoms with Gasteiger partial charge in [0.15, 0.2) is 5.78 Å². The predicted octanol–water partition coefficient (Wildman–Crippen LogP) is 4.93. The first-order valence-electron chi connectivity index (χ1n) is 8.29. The van der Waals surface area contributed by atoms with Crippen LogP contribution in [-0.4, -0.2) is 15.6 Å². The minimum atomic E-state index is -0.104. The van der Waals surface area contributed by atoms with Crippen LogP contribution in [0.25, 0.3) is 6.08 Å².